The van der Waals surface area contributed by atoms with E-state index in [2.05, 4.69) is 10.3 Å². The van der Waals surface area contributed by atoms with Gasteiger partial charge in [0, 0.05) is 0 Å². The second kappa shape index (κ2) is 3.76. The number of amides is 1. The monoisotopic (exact) mass is 184 g/mol. The van der Waals surface area contributed by atoms with Gasteiger partial charge in [-0.2, -0.15) is 0 Å². The van der Waals surface area contributed by atoms with E-state index in [0.717, 1.165) is 0 Å². The molecule has 0 saturated carbocycles. The molecule has 0 fully saturated rings. The molecule has 0 atom stereocenters. The number of amidine groups is 1. The third-order valence-corrected chi connectivity index (χ3v) is 1.94. The van der Waals surface area contributed by atoms with Gasteiger partial charge in [0.15, 0.2) is 5.17 Å². The van der Waals surface area contributed by atoms with Crippen molar-refractivity contribution in [3.63, 3.8) is 0 Å². The molecule has 66 valence electrons. The van der Waals surface area contributed by atoms with E-state index in [0.29, 0.717) is 16.8 Å². The molecule has 1 N–H and O–H groups in total. The number of hydrogen-bond acceptors (Lipinski definition) is 3. The lowest BCUT2D eigenvalue weighted by Crippen LogP contribution is -2.21. The minimum Gasteiger partial charge on any atom is -0.300 e. The largest absolute Gasteiger partial charge is 0.300 e. The van der Waals surface area contributed by atoms with Crippen molar-refractivity contribution >= 4 is 22.8 Å². The number of thioether (sulfide) groups is 1. The van der Waals surface area contributed by atoms with E-state index >= 15 is 0 Å². The molecule has 1 amide bonds. The fraction of sp³-hybridized carbons (Fsp3) is 0.500. The minimum absolute atomic E-state index is 0.0898. The Kier molecular flexibility index (Phi) is 2.92. The van der Waals surface area contributed by atoms with Crippen LogP contribution in [-0.2, 0) is 4.79 Å². The second-order valence-electron chi connectivity index (χ2n) is 2.87. The van der Waals surface area contributed by atoms with E-state index in [4.69, 9.17) is 0 Å². The highest BCUT2D eigenvalue weighted by atomic mass is 32.2. The maximum Gasteiger partial charge on any atom is 0.275 e. The maximum atomic E-state index is 11.2. The van der Waals surface area contributed by atoms with E-state index in [9.17, 15) is 4.79 Å². The summed E-state index contributed by atoms with van der Waals surface area (Å²) in [7, 11) is 0. The van der Waals surface area contributed by atoms with Crippen LogP contribution in [0, 0.1) is 5.92 Å². The molecule has 0 unspecified atom stereocenters. The summed E-state index contributed by atoms with van der Waals surface area (Å²) in [5, 5.41) is 3.35. The first-order chi connectivity index (χ1) is 5.63. The van der Waals surface area contributed by atoms with Gasteiger partial charge < -0.3 is 0 Å². The van der Waals surface area contributed by atoms with Gasteiger partial charge in [-0.1, -0.05) is 31.7 Å². The van der Waals surface area contributed by atoms with E-state index in [-0.39, 0.29) is 5.91 Å². The topological polar surface area (TPSA) is 41.5 Å². The van der Waals surface area contributed by atoms with Crippen LogP contribution in [0.2, 0.25) is 0 Å². The van der Waals surface area contributed by atoms with Crippen molar-refractivity contribution in [1.29, 1.82) is 0 Å². The van der Waals surface area contributed by atoms with Crippen molar-refractivity contribution in [2.45, 2.75) is 13.8 Å². The Labute approximate surface area is 76.3 Å². The van der Waals surface area contributed by atoms with E-state index < -0.39 is 0 Å². The predicted octanol–water partition coefficient (Wildman–Crippen LogP) is 1.38. The van der Waals surface area contributed by atoms with Crippen LogP contribution in [0.4, 0.5) is 0 Å². The van der Waals surface area contributed by atoms with Gasteiger partial charge in [-0.05, 0) is 12.2 Å². The summed E-state index contributed by atoms with van der Waals surface area (Å²) in [5.41, 5.74) is 0.536. The molecule has 0 aromatic rings. The highest BCUT2D eigenvalue weighted by molar-refractivity contribution is 8.13. The number of carbonyl (C=O) groups excluding carboxylic acids is 1. The van der Waals surface area contributed by atoms with Gasteiger partial charge in [0.05, 0.1) is 0 Å². The van der Waals surface area contributed by atoms with Gasteiger partial charge in [-0.15, -0.1) is 0 Å². The molecule has 0 radical (unpaired) electrons. The van der Waals surface area contributed by atoms with Crippen molar-refractivity contribution in [1.82, 2.24) is 5.32 Å². The third-order valence-electron chi connectivity index (χ3n) is 1.36. The van der Waals surface area contributed by atoms with Crippen molar-refractivity contribution in [3.8, 4) is 0 Å². The summed E-state index contributed by atoms with van der Waals surface area (Å²) in [6, 6.07) is 0. The number of carbonyl (C=O) groups is 1. The molecule has 0 aliphatic carbocycles. The molecule has 0 aromatic heterocycles. The molecule has 1 aliphatic rings. The average molecular weight is 184 g/mol. The first-order valence-electron chi connectivity index (χ1n) is 3.79. The Hall–Kier alpha value is -0.770. The first kappa shape index (κ1) is 9.32. The normalized spacial score (nSPS) is 20.2. The smallest absolute Gasteiger partial charge is 0.275 e. The molecular formula is C8H12N2OS. The molecule has 12 heavy (non-hydrogen) atoms. The highest BCUT2D eigenvalue weighted by Crippen LogP contribution is 2.12. The fourth-order valence-electron chi connectivity index (χ4n) is 0.875. The summed E-state index contributed by atoms with van der Waals surface area (Å²) in [6.45, 7) is 4.04. The van der Waals surface area contributed by atoms with Gasteiger partial charge in [-0.25, -0.2) is 4.99 Å². The fourth-order valence-corrected chi connectivity index (χ4v) is 1.26. The molecule has 0 aromatic carbocycles. The predicted molar refractivity (Wildman–Crippen MR) is 52.0 cm³/mol. The van der Waals surface area contributed by atoms with Crippen LogP contribution in [-0.4, -0.2) is 17.3 Å². The Morgan fingerprint density at radius 1 is 1.58 bits per heavy atom. The zero-order valence-corrected chi connectivity index (χ0v) is 8.23. The zero-order chi connectivity index (χ0) is 9.14. The zero-order valence-electron chi connectivity index (χ0n) is 7.42. The third kappa shape index (κ3) is 2.11. The lowest BCUT2D eigenvalue weighted by molar-refractivity contribution is -0.115. The number of allylic oxidation sites excluding steroid dienone is 1. The molecule has 0 spiro atoms. The number of nitrogens with one attached hydrogen (secondary N) is 1. The van der Waals surface area contributed by atoms with E-state index in [1.54, 1.807) is 0 Å². The summed E-state index contributed by atoms with van der Waals surface area (Å²) in [6.07, 6.45) is 3.75. The molecule has 1 heterocycles. The standard InChI is InChI=1S/C8H12N2OS/c1-5(2)4-6-7(11)10-8(9-6)12-3/h4-5H,1-3H3,(H,9,10,11)/b6-4-. The molecule has 1 aliphatic heterocycles. The van der Waals surface area contributed by atoms with Crippen LogP contribution in [0.25, 0.3) is 0 Å². The molecule has 0 saturated heterocycles. The van der Waals surface area contributed by atoms with Crippen LogP contribution in [0.15, 0.2) is 16.8 Å². The Morgan fingerprint density at radius 2 is 2.25 bits per heavy atom. The maximum absolute atomic E-state index is 11.2. The number of rotatable bonds is 1. The molecule has 4 heteroatoms. The Bertz CT molecular complexity index is 256. The first-order valence-corrected chi connectivity index (χ1v) is 5.02. The average Bonchev–Trinajstić information content (AvgIpc) is 2.31. The minimum atomic E-state index is -0.0898. The van der Waals surface area contributed by atoms with Gasteiger partial charge in [0.25, 0.3) is 5.91 Å². The molecule has 1 rings (SSSR count). The molecule has 0 bridgehead atoms. The lowest BCUT2D eigenvalue weighted by atomic mass is 10.2. The summed E-state index contributed by atoms with van der Waals surface area (Å²) in [5.74, 6) is 0.267. The Morgan fingerprint density at radius 3 is 2.67 bits per heavy atom. The van der Waals surface area contributed by atoms with Gasteiger partial charge >= 0.3 is 0 Å². The van der Waals surface area contributed by atoms with Crippen LogP contribution < -0.4 is 5.32 Å². The molecular weight excluding hydrogens is 172 g/mol. The summed E-state index contributed by atoms with van der Waals surface area (Å²) in [4.78, 5) is 15.3. The van der Waals surface area contributed by atoms with Crippen LogP contribution >= 0.6 is 11.8 Å². The van der Waals surface area contributed by atoms with Crippen molar-refractivity contribution in [2.75, 3.05) is 6.26 Å². The summed E-state index contributed by atoms with van der Waals surface area (Å²) < 4.78 is 0. The number of hydrogen-bond donors (Lipinski definition) is 1. The summed E-state index contributed by atoms with van der Waals surface area (Å²) >= 11 is 1.44. The van der Waals surface area contributed by atoms with Gasteiger partial charge in [-0.3, -0.25) is 10.1 Å². The van der Waals surface area contributed by atoms with Crippen LogP contribution in [0.5, 0.6) is 0 Å². The van der Waals surface area contributed by atoms with Crippen LogP contribution in [0.3, 0.4) is 0 Å². The van der Waals surface area contributed by atoms with Crippen molar-refractivity contribution < 1.29 is 4.79 Å². The van der Waals surface area contributed by atoms with E-state index in [1.165, 1.54) is 11.8 Å². The van der Waals surface area contributed by atoms with E-state index in [1.807, 2.05) is 26.2 Å². The van der Waals surface area contributed by atoms with Gasteiger partial charge in [0.2, 0.25) is 0 Å². The highest BCUT2D eigenvalue weighted by Gasteiger charge is 2.18. The SMILES string of the molecule is CSC1=N/C(=C\C(C)C)C(=O)N1. The second-order valence-corrected chi connectivity index (χ2v) is 3.67. The van der Waals surface area contributed by atoms with Crippen LogP contribution in [0.1, 0.15) is 13.8 Å². The van der Waals surface area contributed by atoms with Crippen molar-refractivity contribution in [3.05, 3.63) is 11.8 Å². The molecule has 3 nitrogen and oxygen atoms in total. The number of aliphatic imine (C=N–C) groups is 1. The lowest BCUT2D eigenvalue weighted by Gasteiger charge is -1.94. The Balaban J connectivity index is 2.79. The van der Waals surface area contributed by atoms with Crippen molar-refractivity contribution in [2.24, 2.45) is 10.9 Å². The number of nitrogens with zero attached hydrogens (tertiary/aromatic N) is 1. The van der Waals surface area contributed by atoms with Gasteiger partial charge in [0.1, 0.15) is 5.70 Å². The quantitative estimate of drug-likeness (QED) is 0.625.